The van der Waals surface area contributed by atoms with Gasteiger partial charge in [0.1, 0.15) is 0 Å². The van der Waals surface area contributed by atoms with Crippen LogP contribution in [-0.4, -0.2) is 56.9 Å². The summed E-state index contributed by atoms with van der Waals surface area (Å²) in [6, 6.07) is 14.0. The zero-order valence-corrected chi connectivity index (χ0v) is 18.0. The molecule has 0 radical (unpaired) electrons. The number of aromatic amines is 1. The quantitative estimate of drug-likeness (QED) is 0.515. The molecule has 8 nitrogen and oxygen atoms in total. The van der Waals surface area contributed by atoms with Crippen molar-refractivity contribution in [3.05, 3.63) is 61.1 Å². The summed E-state index contributed by atoms with van der Waals surface area (Å²) in [6.07, 6.45) is 6.42. The van der Waals surface area contributed by atoms with Gasteiger partial charge >= 0.3 is 0 Å². The molecule has 0 aliphatic carbocycles. The summed E-state index contributed by atoms with van der Waals surface area (Å²) in [5, 5.41) is 3.33. The molecule has 0 spiro atoms. The molecule has 162 valence electrons. The molecule has 8 heteroatoms. The summed E-state index contributed by atoms with van der Waals surface area (Å²) in [5.74, 6) is 0.674. The highest BCUT2D eigenvalue weighted by Crippen LogP contribution is 2.27. The van der Waals surface area contributed by atoms with Crippen LogP contribution in [-0.2, 0) is 4.79 Å². The summed E-state index contributed by atoms with van der Waals surface area (Å²) in [7, 11) is 0. The maximum Gasteiger partial charge on any atom is 0.227 e. The number of aromatic nitrogens is 4. The summed E-state index contributed by atoms with van der Waals surface area (Å²) in [5.41, 5.74) is 5.66. The van der Waals surface area contributed by atoms with Crippen molar-refractivity contribution in [3.63, 3.8) is 0 Å². The van der Waals surface area contributed by atoms with Crippen LogP contribution in [0.1, 0.15) is 13.3 Å². The Morgan fingerprint density at radius 3 is 2.88 bits per heavy atom. The number of rotatable bonds is 4. The Kier molecular flexibility index (Phi) is 5.41. The van der Waals surface area contributed by atoms with Crippen LogP contribution >= 0.6 is 0 Å². The Labute approximate surface area is 186 Å². The lowest BCUT2D eigenvalue weighted by Crippen LogP contribution is -2.33. The molecule has 32 heavy (non-hydrogen) atoms. The first-order chi connectivity index (χ1) is 15.7. The van der Waals surface area contributed by atoms with Crippen molar-refractivity contribution in [2.24, 2.45) is 0 Å². The zero-order chi connectivity index (χ0) is 21.9. The largest absolute Gasteiger partial charge is 0.370 e. The van der Waals surface area contributed by atoms with E-state index < -0.39 is 0 Å². The number of amides is 1. The number of benzene rings is 1. The molecule has 1 amide bonds. The Bertz CT molecular complexity index is 1250. The minimum absolute atomic E-state index is 0.143. The monoisotopic (exact) mass is 427 g/mol. The van der Waals surface area contributed by atoms with Crippen LogP contribution in [0, 0.1) is 0 Å². The first-order valence-electron chi connectivity index (χ1n) is 10.8. The number of carbonyl (C=O) groups is 1. The van der Waals surface area contributed by atoms with Crippen molar-refractivity contribution in [3.8, 4) is 11.3 Å². The number of carbonyl (C=O) groups excluding carboxylic acids is 1. The highest BCUT2D eigenvalue weighted by molar-refractivity contribution is 5.91. The molecule has 4 heterocycles. The maximum absolute atomic E-state index is 11.7. The lowest BCUT2D eigenvalue weighted by atomic mass is 10.2. The molecule has 1 saturated heterocycles. The van der Waals surface area contributed by atoms with Gasteiger partial charge in [0.25, 0.3) is 0 Å². The molecular formula is C24H25N7O. The molecule has 0 bridgehead atoms. The van der Waals surface area contributed by atoms with Gasteiger partial charge in [-0.15, -0.1) is 0 Å². The molecule has 1 aromatic carbocycles. The fourth-order valence-corrected chi connectivity index (χ4v) is 4.12. The van der Waals surface area contributed by atoms with Crippen LogP contribution in [0.4, 0.5) is 17.3 Å². The van der Waals surface area contributed by atoms with Gasteiger partial charge in [-0.2, -0.15) is 0 Å². The molecule has 5 rings (SSSR count). The number of hydrogen-bond donors (Lipinski definition) is 2. The van der Waals surface area contributed by atoms with E-state index in [1.165, 1.54) is 0 Å². The molecule has 0 saturated carbocycles. The van der Waals surface area contributed by atoms with Gasteiger partial charge in [-0.05, 0) is 42.8 Å². The number of hydrogen-bond acceptors (Lipinski definition) is 6. The number of fused-ring (bicyclic) bond motifs is 1. The average Bonchev–Trinajstić information content (AvgIpc) is 3.08. The van der Waals surface area contributed by atoms with Crippen molar-refractivity contribution in [1.82, 2.24) is 24.8 Å². The highest BCUT2D eigenvalue weighted by atomic mass is 16.2. The molecule has 3 aromatic heterocycles. The molecule has 2 N–H and O–H groups in total. The van der Waals surface area contributed by atoms with E-state index in [-0.39, 0.29) is 5.91 Å². The highest BCUT2D eigenvalue weighted by Gasteiger charge is 2.17. The van der Waals surface area contributed by atoms with Crippen LogP contribution in [0.2, 0.25) is 0 Å². The van der Waals surface area contributed by atoms with Gasteiger partial charge in [0.15, 0.2) is 0 Å². The number of pyridine rings is 1. The Morgan fingerprint density at radius 2 is 1.97 bits per heavy atom. The minimum Gasteiger partial charge on any atom is -0.370 e. The number of nitrogens with one attached hydrogen (secondary N) is 2. The summed E-state index contributed by atoms with van der Waals surface area (Å²) >= 11 is 0. The second kappa shape index (κ2) is 8.66. The zero-order valence-electron chi connectivity index (χ0n) is 18.0. The van der Waals surface area contributed by atoms with E-state index in [4.69, 9.17) is 4.98 Å². The van der Waals surface area contributed by atoms with Gasteiger partial charge < -0.3 is 20.1 Å². The lowest BCUT2D eigenvalue weighted by molar-refractivity contribution is -0.128. The summed E-state index contributed by atoms with van der Waals surface area (Å²) < 4.78 is 0. The average molecular weight is 428 g/mol. The predicted octanol–water partition coefficient (Wildman–Crippen LogP) is 3.82. The molecular weight excluding hydrogens is 402 g/mol. The summed E-state index contributed by atoms with van der Waals surface area (Å²) in [4.78, 5) is 32.8. The van der Waals surface area contributed by atoms with Gasteiger partial charge in [-0.25, -0.2) is 9.97 Å². The van der Waals surface area contributed by atoms with Crippen LogP contribution in [0.15, 0.2) is 61.1 Å². The fraction of sp³-hybridized carbons (Fsp3) is 0.250. The fourth-order valence-electron chi connectivity index (χ4n) is 4.12. The third-order valence-electron chi connectivity index (χ3n) is 5.78. The molecule has 4 aromatic rings. The van der Waals surface area contributed by atoms with Crippen LogP contribution < -0.4 is 10.2 Å². The van der Waals surface area contributed by atoms with Crippen LogP contribution in [0.3, 0.4) is 0 Å². The maximum atomic E-state index is 11.7. The van der Waals surface area contributed by atoms with E-state index in [0.717, 1.165) is 66.3 Å². The third-order valence-corrected chi connectivity index (χ3v) is 5.78. The number of anilines is 3. The Hall–Kier alpha value is -3.94. The Morgan fingerprint density at radius 1 is 1.03 bits per heavy atom. The molecule has 1 aliphatic rings. The first kappa shape index (κ1) is 20.0. The molecule has 0 atom stereocenters. The SMILES string of the molecule is CC(=O)N1CCCN(c2cccc(Nc3nccc(-c4c[nH]c5cccnc45)n3)c2)CC1. The van der Waals surface area contributed by atoms with E-state index in [2.05, 4.69) is 37.3 Å². The van der Waals surface area contributed by atoms with Crippen molar-refractivity contribution in [2.45, 2.75) is 13.3 Å². The molecule has 1 aliphatic heterocycles. The van der Waals surface area contributed by atoms with Crippen molar-refractivity contribution in [2.75, 3.05) is 36.4 Å². The predicted molar refractivity (Wildman–Crippen MR) is 126 cm³/mol. The van der Waals surface area contributed by atoms with Crippen molar-refractivity contribution >= 4 is 34.3 Å². The van der Waals surface area contributed by atoms with E-state index in [1.807, 2.05) is 41.4 Å². The smallest absolute Gasteiger partial charge is 0.227 e. The lowest BCUT2D eigenvalue weighted by Gasteiger charge is -2.24. The standard InChI is InChI=1S/C24H25N7O/c1-17(32)30-11-4-12-31(14-13-30)19-6-2-5-18(15-19)28-24-26-10-8-21(29-24)20-16-27-22-7-3-9-25-23(20)22/h2-3,5-10,15-16,27H,4,11-14H2,1H3,(H,26,28,29). The van der Waals surface area contributed by atoms with Gasteiger partial charge in [-0.3, -0.25) is 9.78 Å². The second-order valence-corrected chi connectivity index (χ2v) is 7.89. The van der Waals surface area contributed by atoms with Crippen molar-refractivity contribution in [1.29, 1.82) is 0 Å². The van der Waals surface area contributed by atoms with Crippen molar-refractivity contribution < 1.29 is 4.79 Å². The number of nitrogens with zero attached hydrogens (tertiary/aromatic N) is 5. The van der Waals surface area contributed by atoms with E-state index in [9.17, 15) is 4.79 Å². The number of H-pyrrole nitrogens is 1. The van der Waals surface area contributed by atoms with E-state index >= 15 is 0 Å². The van der Waals surface area contributed by atoms with Crippen LogP contribution in [0.25, 0.3) is 22.3 Å². The normalized spacial score (nSPS) is 14.4. The third kappa shape index (κ3) is 4.12. The summed E-state index contributed by atoms with van der Waals surface area (Å²) in [6.45, 7) is 4.94. The molecule has 1 fully saturated rings. The Balaban J connectivity index is 1.35. The van der Waals surface area contributed by atoms with Gasteiger partial charge in [0.05, 0.1) is 16.7 Å². The van der Waals surface area contributed by atoms with E-state index in [1.54, 1.807) is 19.3 Å². The topological polar surface area (TPSA) is 90.0 Å². The molecule has 0 unspecified atom stereocenters. The van der Waals surface area contributed by atoms with Gasteiger partial charge in [-0.1, -0.05) is 6.07 Å². The van der Waals surface area contributed by atoms with Crippen LogP contribution in [0.5, 0.6) is 0 Å². The minimum atomic E-state index is 0.143. The second-order valence-electron chi connectivity index (χ2n) is 7.89. The van der Waals surface area contributed by atoms with Gasteiger partial charge in [0, 0.05) is 68.6 Å². The van der Waals surface area contributed by atoms with E-state index in [0.29, 0.717) is 5.95 Å². The van der Waals surface area contributed by atoms with Gasteiger partial charge in [0.2, 0.25) is 11.9 Å². The first-order valence-corrected chi connectivity index (χ1v) is 10.8.